The highest BCUT2D eigenvalue weighted by atomic mass is 19.4. The minimum atomic E-state index is -5.00. The highest BCUT2D eigenvalue weighted by molar-refractivity contribution is 5.94. The number of nitrogens with zero attached hydrogens (tertiary/aromatic N) is 2. The Morgan fingerprint density at radius 2 is 1.85 bits per heavy atom. The Morgan fingerprint density at radius 3 is 2.27 bits per heavy atom. The van der Waals surface area contributed by atoms with Gasteiger partial charge < -0.3 is 19.5 Å². The SMILES string of the molecule is CC(C)(C)OC=O.CCOC(=O)c1cc(OC(F)(F)F)c(CN2CCNCC2)cc1[N+](=O)[O-]. The van der Waals surface area contributed by atoms with Gasteiger partial charge in [0.25, 0.3) is 12.2 Å². The predicted octanol–water partition coefficient (Wildman–Crippen LogP) is 3.03. The Bertz CT molecular complexity index is 820. The minimum absolute atomic E-state index is 0.0241. The molecule has 0 spiro atoms. The number of carbonyl (C=O) groups is 2. The van der Waals surface area contributed by atoms with E-state index in [-0.39, 0.29) is 24.3 Å². The first kappa shape index (κ1) is 28.1. The Hall–Kier alpha value is -2.93. The Morgan fingerprint density at radius 1 is 1.24 bits per heavy atom. The molecule has 10 nitrogen and oxygen atoms in total. The minimum Gasteiger partial charge on any atom is -0.462 e. The number of hydrogen-bond acceptors (Lipinski definition) is 9. The molecule has 33 heavy (non-hydrogen) atoms. The van der Waals surface area contributed by atoms with Gasteiger partial charge in [-0.3, -0.25) is 19.8 Å². The van der Waals surface area contributed by atoms with Gasteiger partial charge in [-0.05, 0) is 27.7 Å². The van der Waals surface area contributed by atoms with Gasteiger partial charge in [-0.2, -0.15) is 0 Å². The number of carbonyl (C=O) groups excluding carboxylic acids is 2. The summed E-state index contributed by atoms with van der Waals surface area (Å²) >= 11 is 0. The molecule has 186 valence electrons. The number of nitro groups is 1. The van der Waals surface area contributed by atoms with Gasteiger partial charge in [0, 0.05) is 50.4 Å². The summed E-state index contributed by atoms with van der Waals surface area (Å²) in [5.41, 5.74) is -1.55. The number of benzene rings is 1. The van der Waals surface area contributed by atoms with Crippen molar-refractivity contribution >= 4 is 18.1 Å². The number of nitrogens with one attached hydrogen (secondary N) is 1. The van der Waals surface area contributed by atoms with E-state index in [1.54, 1.807) is 0 Å². The van der Waals surface area contributed by atoms with Crippen molar-refractivity contribution < 1.29 is 41.9 Å². The van der Waals surface area contributed by atoms with Crippen LogP contribution in [0.15, 0.2) is 12.1 Å². The maximum atomic E-state index is 12.7. The van der Waals surface area contributed by atoms with E-state index in [2.05, 4.69) is 14.8 Å². The van der Waals surface area contributed by atoms with Gasteiger partial charge in [0.05, 0.1) is 11.5 Å². The number of piperazine rings is 1. The van der Waals surface area contributed by atoms with Crippen LogP contribution in [0.25, 0.3) is 0 Å². The highest BCUT2D eigenvalue weighted by Gasteiger charge is 2.35. The van der Waals surface area contributed by atoms with Gasteiger partial charge in [0.2, 0.25) is 0 Å². The van der Waals surface area contributed by atoms with Gasteiger partial charge in [0.1, 0.15) is 16.9 Å². The Labute approximate surface area is 189 Å². The molecule has 0 saturated carbocycles. The number of hydrogen-bond donors (Lipinski definition) is 1. The van der Waals surface area contributed by atoms with Crippen LogP contribution in [0.1, 0.15) is 43.6 Å². The molecule has 1 heterocycles. The monoisotopic (exact) mass is 479 g/mol. The fourth-order valence-electron chi connectivity index (χ4n) is 2.73. The summed E-state index contributed by atoms with van der Waals surface area (Å²) in [5.74, 6) is -1.73. The van der Waals surface area contributed by atoms with Crippen LogP contribution in [0.4, 0.5) is 18.9 Å². The molecule has 0 radical (unpaired) electrons. The molecular weight excluding hydrogens is 451 g/mol. The van der Waals surface area contributed by atoms with Crippen LogP contribution in [0, 0.1) is 10.1 Å². The molecule has 0 aromatic heterocycles. The lowest BCUT2D eigenvalue weighted by Gasteiger charge is -2.28. The topological polar surface area (TPSA) is 120 Å². The summed E-state index contributed by atoms with van der Waals surface area (Å²) in [6, 6.07) is 1.66. The molecular formula is C20H28F3N3O7. The largest absolute Gasteiger partial charge is 0.573 e. The lowest BCUT2D eigenvalue weighted by atomic mass is 10.1. The first-order valence-corrected chi connectivity index (χ1v) is 10.1. The Balaban J connectivity index is 0.000000675. The molecule has 1 saturated heterocycles. The summed E-state index contributed by atoms with van der Waals surface area (Å²) in [5, 5.41) is 14.4. The second-order valence-corrected chi connectivity index (χ2v) is 7.86. The van der Waals surface area contributed by atoms with Crippen molar-refractivity contribution in [3.8, 4) is 5.75 Å². The van der Waals surface area contributed by atoms with E-state index in [4.69, 9.17) is 4.74 Å². The predicted molar refractivity (Wildman–Crippen MR) is 111 cm³/mol. The van der Waals surface area contributed by atoms with Crippen molar-refractivity contribution in [2.24, 2.45) is 0 Å². The summed E-state index contributed by atoms with van der Waals surface area (Å²) < 4.78 is 51.5. The van der Waals surface area contributed by atoms with E-state index in [9.17, 15) is 32.9 Å². The molecule has 1 aromatic rings. The third kappa shape index (κ3) is 10.5. The van der Waals surface area contributed by atoms with Crippen LogP contribution in [0.3, 0.4) is 0 Å². The molecule has 1 fully saturated rings. The van der Waals surface area contributed by atoms with E-state index in [0.29, 0.717) is 32.7 Å². The number of rotatable bonds is 7. The molecule has 0 unspecified atom stereocenters. The number of esters is 1. The first-order chi connectivity index (χ1) is 15.3. The number of nitro benzene ring substituents is 1. The van der Waals surface area contributed by atoms with Crippen molar-refractivity contribution in [1.82, 2.24) is 10.2 Å². The van der Waals surface area contributed by atoms with Gasteiger partial charge in [-0.25, -0.2) is 4.79 Å². The molecule has 1 aliphatic heterocycles. The highest BCUT2D eigenvalue weighted by Crippen LogP contribution is 2.34. The van der Waals surface area contributed by atoms with Crippen molar-refractivity contribution in [1.29, 1.82) is 0 Å². The summed E-state index contributed by atoms with van der Waals surface area (Å²) in [6.07, 6.45) is -5.00. The van der Waals surface area contributed by atoms with Gasteiger partial charge in [-0.1, -0.05) is 0 Å². The molecule has 0 atom stereocenters. The number of alkyl halides is 3. The zero-order valence-corrected chi connectivity index (χ0v) is 18.9. The summed E-state index contributed by atoms with van der Waals surface area (Å²) in [4.78, 5) is 33.8. The van der Waals surface area contributed by atoms with Crippen LogP contribution in [-0.4, -0.2) is 67.0 Å². The van der Waals surface area contributed by atoms with Crippen LogP contribution in [0.2, 0.25) is 0 Å². The summed E-state index contributed by atoms with van der Waals surface area (Å²) in [6.45, 7) is 9.79. The van der Waals surface area contributed by atoms with Crippen LogP contribution >= 0.6 is 0 Å². The Kier molecular flexibility index (Phi) is 10.5. The van der Waals surface area contributed by atoms with E-state index in [1.807, 2.05) is 25.7 Å². The lowest BCUT2D eigenvalue weighted by molar-refractivity contribution is -0.385. The van der Waals surface area contributed by atoms with Crippen molar-refractivity contribution in [2.45, 2.75) is 46.2 Å². The second-order valence-electron chi connectivity index (χ2n) is 7.86. The maximum Gasteiger partial charge on any atom is 0.573 e. The van der Waals surface area contributed by atoms with Crippen molar-refractivity contribution in [3.05, 3.63) is 33.4 Å². The average Bonchev–Trinajstić information content (AvgIpc) is 2.68. The fraction of sp³-hybridized carbons (Fsp3) is 0.600. The zero-order chi connectivity index (χ0) is 25.2. The molecule has 1 aliphatic rings. The second kappa shape index (κ2) is 12.3. The average molecular weight is 479 g/mol. The van der Waals surface area contributed by atoms with Crippen LogP contribution in [0.5, 0.6) is 5.75 Å². The quantitative estimate of drug-likeness (QED) is 0.272. The van der Waals surface area contributed by atoms with Gasteiger partial charge >= 0.3 is 12.3 Å². The van der Waals surface area contributed by atoms with Crippen LogP contribution in [-0.2, 0) is 20.8 Å². The molecule has 0 bridgehead atoms. The third-order valence-electron chi connectivity index (χ3n) is 4.10. The summed E-state index contributed by atoms with van der Waals surface area (Å²) in [7, 11) is 0. The molecule has 0 amide bonds. The number of halogens is 3. The number of ether oxygens (including phenoxy) is 3. The maximum absolute atomic E-state index is 12.7. The smallest absolute Gasteiger partial charge is 0.462 e. The molecule has 1 aromatic carbocycles. The molecule has 2 rings (SSSR count). The fourth-order valence-corrected chi connectivity index (χ4v) is 2.73. The standard InChI is InChI=1S/C15H18F3N3O5.C5H10O2/c1-2-25-14(22)11-8-13(26-15(16,17)18)10(7-12(11)21(23)24)9-20-5-3-19-4-6-20;1-5(2,3)7-4-6/h7-8,19H,2-6,9H2,1H3;4H,1-3H3. The van der Waals surface area contributed by atoms with E-state index >= 15 is 0 Å². The van der Waals surface area contributed by atoms with Gasteiger partial charge in [0.15, 0.2) is 0 Å². The van der Waals surface area contributed by atoms with Crippen molar-refractivity contribution in [3.63, 3.8) is 0 Å². The van der Waals surface area contributed by atoms with E-state index < -0.39 is 34.3 Å². The molecule has 0 aliphatic carbocycles. The van der Waals surface area contributed by atoms with Gasteiger partial charge in [-0.15, -0.1) is 13.2 Å². The molecule has 1 N–H and O–H groups in total. The molecule has 13 heteroatoms. The third-order valence-corrected chi connectivity index (χ3v) is 4.10. The zero-order valence-electron chi connectivity index (χ0n) is 18.9. The first-order valence-electron chi connectivity index (χ1n) is 10.1. The normalized spacial score (nSPS) is 14.5. The van der Waals surface area contributed by atoms with Crippen molar-refractivity contribution in [2.75, 3.05) is 32.8 Å². The lowest BCUT2D eigenvalue weighted by Crippen LogP contribution is -2.43. The van der Waals surface area contributed by atoms with E-state index in [0.717, 1.165) is 12.1 Å². The van der Waals surface area contributed by atoms with Crippen LogP contribution < -0.4 is 10.1 Å². The van der Waals surface area contributed by atoms with E-state index in [1.165, 1.54) is 6.92 Å².